The Bertz CT molecular complexity index is 438. The zero-order chi connectivity index (χ0) is 15.7. The molecule has 0 heterocycles. The number of hydrogen-bond acceptors (Lipinski definition) is 3. The number of carbonyl (C=O) groups is 1. The summed E-state index contributed by atoms with van der Waals surface area (Å²) in [5, 5.41) is 2.71. The fraction of sp³-hybridized carbons (Fsp3) is 0.588. The third kappa shape index (κ3) is 8.23. The van der Waals surface area contributed by atoms with E-state index in [9.17, 15) is 4.79 Å². The number of nitrogens with one attached hydrogen (secondary N) is 1. The first-order valence-corrected chi connectivity index (χ1v) is 7.63. The van der Waals surface area contributed by atoms with E-state index in [0.717, 1.165) is 12.2 Å². The van der Waals surface area contributed by atoms with Crippen LogP contribution in [0.3, 0.4) is 0 Å². The fourth-order valence-electron chi connectivity index (χ4n) is 1.80. The molecular weight excluding hydrogens is 266 g/mol. The Morgan fingerprint density at radius 2 is 1.95 bits per heavy atom. The summed E-state index contributed by atoms with van der Waals surface area (Å²) in [7, 11) is 0. The van der Waals surface area contributed by atoms with Crippen LogP contribution in [0.4, 0.5) is 10.5 Å². The molecule has 21 heavy (non-hydrogen) atoms. The van der Waals surface area contributed by atoms with Crippen molar-refractivity contribution in [3.63, 3.8) is 0 Å². The van der Waals surface area contributed by atoms with Gasteiger partial charge in [-0.25, -0.2) is 4.79 Å². The summed E-state index contributed by atoms with van der Waals surface area (Å²) >= 11 is 0. The lowest BCUT2D eigenvalue weighted by molar-refractivity contribution is 0.0636. The van der Waals surface area contributed by atoms with Crippen LogP contribution < -0.4 is 10.1 Å². The quantitative estimate of drug-likeness (QED) is 0.720. The molecule has 0 aliphatic heterocycles. The maximum absolute atomic E-state index is 11.7. The minimum atomic E-state index is -0.503. The Morgan fingerprint density at radius 1 is 1.19 bits per heavy atom. The van der Waals surface area contributed by atoms with E-state index >= 15 is 0 Å². The number of anilines is 1. The molecule has 0 radical (unpaired) electrons. The lowest BCUT2D eigenvalue weighted by Gasteiger charge is -2.19. The standard InChI is InChI=1S/C17H27NO3/c1-5-6-7-8-12-20-15-11-9-10-14(13-15)18-16(19)21-17(2,3)4/h9-11,13H,5-8,12H2,1-4H3,(H,18,19). The van der Waals surface area contributed by atoms with Gasteiger partial charge in [0.1, 0.15) is 11.4 Å². The molecule has 4 nitrogen and oxygen atoms in total. The van der Waals surface area contributed by atoms with Gasteiger partial charge >= 0.3 is 6.09 Å². The van der Waals surface area contributed by atoms with Gasteiger partial charge in [0.15, 0.2) is 0 Å². The SMILES string of the molecule is CCCCCCOc1cccc(NC(=O)OC(C)(C)C)c1. The van der Waals surface area contributed by atoms with Crippen LogP contribution in [-0.4, -0.2) is 18.3 Å². The van der Waals surface area contributed by atoms with E-state index in [-0.39, 0.29) is 0 Å². The summed E-state index contributed by atoms with van der Waals surface area (Å²) in [6.45, 7) is 8.40. The van der Waals surface area contributed by atoms with Gasteiger partial charge in [0.2, 0.25) is 0 Å². The molecule has 0 unspecified atom stereocenters. The first-order chi connectivity index (χ1) is 9.90. The first-order valence-electron chi connectivity index (χ1n) is 7.63. The Kier molecular flexibility index (Phi) is 7.06. The van der Waals surface area contributed by atoms with E-state index in [1.165, 1.54) is 19.3 Å². The molecule has 1 rings (SSSR count). The van der Waals surface area contributed by atoms with Gasteiger partial charge in [-0.15, -0.1) is 0 Å². The molecule has 0 aliphatic rings. The Morgan fingerprint density at radius 3 is 2.62 bits per heavy atom. The van der Waals surface area contributed by atoms with E-state index in [0.29, 0.717) is 12.3 Å². The van der Waals surface area contributed by atoms with Crippen molar-refractivity contribution in [3.05, 3.63) is 24.3 Å². The van der Waals surface area contributed by atoms with Crippen LogP contribution in [0.2, 0.25) is 0 Å². The average Bonchev–Trinajstić information content (AvgIpc) is 2.36. The average molecular weight is 293 g/mol. The highest BCUT2D eigenvalue weighted by Crippen LogP contribution is 2.19. The molecule has 1 aromatic rings. The van der Waals surface area contributed by atoms with Gasteiger partial charge in [-0.1, -0.05) is 32.3 Å². The van der Waals surface area contributed by atoms with Crippen LogP contribution in [-0.2, 0) is 4.74 Å². The molecule has 1 N–H and O–H groups in total. The molecule has 0 spiro atoms. The molecule has 0 atom stereocenters. The maximum Gasteiger partial charge on any atom is 0.412 e. The largest absolute Gasteiger partial charge is 0.494 e. The Balaban J connectivity index is 2.43. The molecule has 0 saturated heterocycles. The number of amides is 1. The van der Waals surface area contributed by atoms with Crippen molar-refractivity contribution >= 4 is 11.8 Å². The van der Waals surface area contributed by atoms with Crippen molar-refractivity contribution in [2.24, 2.45) is 0 Å². The van der Waals surface area contributed by atoms with Gasteiger partial charge in [0.25, 0.3) is 0 Å². The molecular formula is C17H27NO3. The Labute approximate surface area is 127 Å². The zero-order valence-electron chi connectivity index (χ0n) is 13.6. The van der Waals surface area contributed by atoms with Gasteiger partial charge in [-0.05, 0) is 39.3 Å². The number of carbonyl (C=O) groups excluding carboxylic acids is 1. The van der Waals surface area contributed by atoms with Gasteiger partial charge in [0, 0.05) is 11.8 Å². The van der Waals surface area contributed by atoms with Crippen molar-refractivity contribution < 1.29 is 14.3 Å². The van der Waals surface area contributed by atoms with Crippen LogP contribution in [0.5, 0.6) is 5.75 Å². The lowest BCUT2D eigenvalue weighted by atomic mass is 10.2. The predicted molar refractivity (Wildman–Crippen MR) is 85.9 cm³/mol. The second-order valence-electron chi connectivity index (χ2n) is 6.06. The minimum Gasteiger partial charge on any atom is -0.494 e. The number of benzene rings is 1. The second kappa shape index (κ2) is 8.55. The van der Waals surface area contributed by atoms with Crippen LogP contribution in [0, 0.1) is 0 Å². The molecule has 0 saturated carbocycles. The zero-order valence-corrected chi connectivity index (χ0v) is 13.6. The number of ether oxygens (including phenoxy) is 2. The first kappa shape index (κ1) is 17.3. The molecule has 1 amide bonds. The second-order valence-corrected chi connectivity index (χ2v) is 6.06. The maximum atomic E-state index is 11.7. The topological polar surface area (TPSA) is 47.6 Å². The highest BCUT2D eigenvalue weighted by molar-refractivity contribution is 5.85. The fourth-order valence-corrected chi connectivity index (χ4v) is 1.80. The van der Waals surface area contributed by atoms with Crippen molar-refractivity contribution in [2.45, 2.75) is 59.0 Å². The molecule has 1 aromatic carbocycles. The van der Waals surface area contributed by atoms with E-state index in [2.05, 4.69) is 12.2 Å². The van der Waals surface area contributed by atoms with Gasteiger partial charge in [-0.2, -0.15) is 0 Å². The monoisotopic (exact) mass is 293 g/mol. The summed E-state index contributed by atoms with van der Waals surface area (Å²) in [6.07, 6.45) is 4.24. The normalized spacial score (nSPS) is 11.0. The number of unbranched alkanes of at least 4 members (excludes halogenated alkanes) is 3. The number of hydrogen-bond donors (Lipinski definition) is 1. The van der Waals surface area contributed by atoms with Crippen molar-refractivity contribution in [1.82, 2.24) is 0 Å². The summed E-state index contributed by atoms with van der Waals surface area (Å²) < 4.78 is 10.9. The van der Waals surface area contributed by atoms with Crippen molar-refractivity contribution in [3.8, 4) is 5.75 Å². The lowest BCUT2D eigenvalue weighted by Crippen LogP contribution is -2.27. The van der Waals surface area contributed by atoms with E-state index in [4.69, 9.17) is 9.47 Å². The van der Waals surface area contributed by atoms with Crippen LogP contribution in [0.25, 0.3) is 0 Å². The molecule has 0 fully saturated rings. The highest BCUT2D eigenvalue weighted by atomic mass is 16.6. The van der Waals surface area contributed by atoms with Crippen LogP contribution >= 0.6 is 0 Å². The third-order valence-corrected chi connectivity index (χ3v) is 2.75. The Hall–Kier alpha value is -1.71. The summed E-state index contributed by atoms with van der Waals surface area (Å²) in [4.78, 5) is 11.7. The van der Waals surface area contributed by atoms with Crippen LogP contribution in [0.15, 0.2) is 24.3 Å². The van der Waals surface area contributed by atoms with Gasteiger partial charge in [0.05, 0.1) is 6.61 Å². The van der Waals surface area contributed by atoms with Gasteiger partial charge in [-0.3, -0.25) is 5.32 Å². The van der Waals surface area contributed by atoms with E-state index in [1.54, 1.807) is 0 Å². The van der Waals surface area contributed by atoms with Crippen molar-refractivity contribution in [1.29, 1.82) is 0 Å². The summed E-state index contributed by atoms with van der Waals surface area (Å²) in [5.41, 5.74) is 0.174. The molecule has 0 bridgehead atoms. The van der Waals surface area contributed by atoms with Crippen LogP contribution in [0.1, 0.15) is 53.4 Å². The molecule has 118 valence electrons. The van der Waals surface area contributed by atoms with Gasteiger partial charge < -0.3 is 9.47 Å². The third-order valence-electron chi connectivity index (χ3n) is 2.75. The minimum absolute atomic E-state index is 0.456. The van der Waals surface area contributed by atoms with E-state index in [1.807, 2.05) is 45.0 Å². The highest BCUT2D eigenvalue weighted by Gasteiger charge is 2.16. The summed E-state index contributed by atoms with van der Waals surface area (Å²) in [5.74, 6) is 0.764. The smallest absolute Gasteiger partial charge is 0.412 e. The number of rotatable bonds is 7. The van der Waals surface area contributed by atoms with E-state index < -0.39 is 11.7 Å². The molecule has 0 aromatic heterocycles. The molecule has 4 heteroatoms. The molecule has 0 aliphatic carbocycles. The summed E-state index contributed by atoms with van der Waals surface area (Å²) in [6, 6.07) is 7.37. The van der Waals surface area contributed by atoms with Crippen molar-refractivity contribution in [2.75, 3.05) is 11.9 Å². The predicted octanol–water partition coefficient (Wildman–Crippen LogP) is 4.99.